The molecule has 6 rings (SSSR count). The molecule has 3 saturated heterocycles. The number of piperidine rings is 1. The fraction of sp³-hybridized carbons (Fsp3) is 0.529. The third-order valence-corrected chi connectivity index (χ3v) is 9.33. The summed E-state index contributed by atoms with van der Waals surface area (Å²) in [6.45, 7) is 13.8. The van der Waals surface area contributed by atoms with Crippen molar-refractivity contribution >= 4 is 23.4 Å². The van der Waals surface area contributed by atoms with E-state index in [1.54, 1.807) is 18.1 Å². The molecule has 3 aliphatic rings. The maximum atomic E-state index is 15.1. The predicted molar refractivity (Wildman–Crippen MR) is 176 cm³/mol. The minimum Gasteiger partial charge on any atom is -0.489 e. The number of pyridine rings is 1. The van der Waals surface area contributed by atoms with E-state index in [0.717, 1.165) is 56.8 Å². The topological polar surface area (TPSA) is 125 Å². The molecule has 2 aromatic heterocycles. The Hall–Kier alpha value is -4.07. The lowest BCUT2D eigenvalue weighted by molar-refractivity contribution is -0.145. The van der Waals surface area contributed by atoms with Gasteiger partial charge in [0.25, 0.3) is 5.91 Å². The Balaban J connectivity index is 1.13. The van der Waals surface area contributed by atoms with E-state index >= 15 is 4.39 Å². The van der Waals surface area contributed by atoms with Crippen molar-refractivity contribution in [2.45, 2.75) is 52.4 Å². The van der Waals surface area contributed by atoms with Crippen molar-refractivity contribution in [2.75, 3.05) is 69.8 Å². The number of halogens is 1. The highest BCUT2D eigenvalue weighted by Crippen LogP contribution is 2.36. The average molecular weight is 650 g/mol. The number of carbonyl (C=O) groups excluding carboxylic acids is 1. The van der Waals surface area contributed by atoms with E-state index in [1.165, 1.54) is 6.92 Å². The highest BCUT2D eigenvalue weighted by Gasteiger charge is 2.40. The first kappa shape index (κ1) is 32.9. The third kappa shape index (κ3) is 7.12. The van der Waals surface area contributed by atoms with Crippen LogP contribution in [0.4, 0.5) is 21.8 Å². The van der Waals surface area contributed by atoms with Crippen molar-refractivity contribution in [3.05, 3.63) is 47.9 Å². The molecule has 3 aromatic rings. The number of amides is 1. The number of anilines is 3. The lowest BCUT2D eigenvalue weighted by Gasteiger charge is -2.44. The van der Waals surface area contributed by atoms with E-state index in [2.05, 4.69) is 43.9 Å². The Morgan fingerprint density at radius 3 is 2.53 bits per heavy atom. The Labute approximate surface area is 274 Å². The number of nitrogens with one attached hydrogen (secondary N) is 1. The first-order valence-corrected chi connectivity index (χ1v) is 16.2. The van der Waals surface area contributed by atoms with Crippen LogP contribution in [0.3, 0.4) is 0 Å². The number of piperazine rings is 1. The summed E-state index contributed by atoms with van der Waals surface area (Å²) in [7, 11) is 1.60. The van der Waals surface area contributed by atoms with Gasteiger partial charge in [0.05, 0.1) is 32.6 Å². The van der Waals surface area contributed by atoms with Crippen molar-refractivity contribution < 1.29 is 28.5 Å². The fourth-order valence-corrected chi connectivity index (χ4v) is 6.49. The molecule has 1 amide bonds. The summed E-state index contributed by atoms with van der Waals surface area (Å²) < 4.78 is 32.5. The molecule has 5 heterocycles. The van der Waals surface area contributed by atoms with E-state index in [9.17, 15) is 9.90 Å². The number of hydrogen-bond acceptors (Lipinski definition) is 11. The number of aliphatic hydroxyl groups is 1. The smallest absolute Gasteiger partial charge is 0.251 e. The zero-order valence-electron chi connectivity index (χ0n) is 27.7. The number of nitrogens with zero attached hydrogens (tertiary/aromatic N) is 6. The molecule has 3 fully saturated rings. The van der Waals surface area contributed by atoms with Crippen molar-refractivity contribution in [3.63, 3.8) is 0 Å². The highest BCUT2D eigenvalue weighted by molar-refractivity contribution is 5.80. The number of aromatic nitrogens is 3. The minimum atomic E-state index is -1.03. The number of aryl methyl sites for hydroxylation is 1. The van der Waals surface area contributed by atoms with Crippen LogP contribution >= 0.6 is 0 Å². The minimum absolute atomic E-state index is 0.139. The van der Waals surface area contributed by atoms with E-state index in [0.29, 0.717) is 48.6 Å². The second-order valence-electron chi connectivity index (χ2n) is 13.3. The molecule has 0 spiro atoms. The molecule has 0 bridgehead atoms. The zero-order chi connectivity index (χ0) is 33.3. The van der Waals surface area contributed by atoms with E-state index < -0.39 is 11.9 Å². The van der Waals surface area contributed by atoms with Crippen LogP contribution in [0.15, 0.2) is 36.5 Å². The number of benzene rings is 1. The number of carbonyl (C=O) groups is 1. The molecule has 12 nitrogen and oxygen atoms in total. The summed E-state index contributed by atoms with van der Waals surface area (Å²) in [5.74, 6) is 1.05. The lowest BCUT2D eigenvalue weighted by Crippen LogP contribution is -2.56. The van der Waals surface area contributed by atoms with Crippen LogP contribution in [-0.4, -0.2) is 114 Å². The number of ether oxygens (including phenoxy) is 3. The van der Waals surface area contributed by atoms with Gasteiger partial charge in [-0.05, 0) is 49.7 Å². The molecule has 2 N–H and O–H groups in total. The SMILES string of the molecule is COc1nc(Nc2ncc(F)c(-c3ccc(OC4CCN(C(=O)C(C)O)CC4(C)C)c(C)c3)n2)ccc1N1CCN(C2COC2)CC1. The summed E-state index contributed by atoms with van der Waals surface area (Å²) in [5, 5.41) is 12.8. The van der Waals surface area contributed by atoms with Crippen LogP contribution in [-0.2, 0) is 9.53 Å². The van der Waals surface area contributed by atoms with E-state index in [4.69, 9.17) is 14.2 Å². The van der Waals surface area contributed by atoms with Crippen LogP contribution in [0.2, 0.25) is 0 Å². The zero-order valence-corrected chi connectivity index (χ0v) is 27.7. The van der Waals surface area contributed by atoms with Gasteiger partial charge in [0, 0.05) is 56.7 Å². The number of hydrogen-bond donors (Lipinski definition) is 2. The molecule has 2 atom stereocenters. The third-order valence-electron chi connectivity index (χ3n) is 9.33. The van der Waals surface area contributed by atoms with Gasteiger partial charge in [-0.25, -0.2) is 14.4 Å². The van der Waals surface area contributed by atoms with Gasteiger partial charge in [0.1, 0.15) is 35.2 Å². The molecule has 1 aromatic carbocycles. The molecule has 47 heavy (non-hydrogen) atoms. The summed E-state index contributed by atoms with van der Waals surface area (Å²) in [5.41, 5.74) is 2.16. The number of methoxy groups -OCH3 is 1. The maximum Gasteiger partial charge on any atom is 0.251 e. The van der Waals surface area contributed by atoms with E-state index in [1.807, 2.05) is 31.2 Å². The molecule has 0 radical (unpaired) electrons. The second kappa shape index (κ2) is 13.6. The van der Waals surface area contributed by atoms with Gasteiger partial charge in [-0.2, -0.15) is 4.98 Å². The number of aliphatic hydroxyl groups excluding tert-OH is 1. The molecule has 0 aliphatic carbocycles. The van der Waals surface area contributed by atoms with Crippen molar-refractivity contribution in [1.29, 1.82) is 0 Å². The van der Waals surface area contributed by atoms with Crippen molar-refractivity contribution in [1.82, 2.24) is 24.8 Å². The Bertz CT molecular complexity index is 1590. The van der Waals surface area contributed by atoms with Gasteiger partial charge in [0.2, 0.25) is 11.8 Å². The lowest BCUT2D eigenvalue weighted by atomic mass is 9.80. The number of rotatable bonds is 9. The standard InChI is InChI=1S/C34H44FN7O5/c1-21-16-23(6-8-27(21)47-28-10-11-42(20-34(28,3)4)32(44)22(2)43)30-25(35)17-36-33(39-30)38-29-9-7-26(31(37-29)45-5)41-14-12-40(13-15-41)24-18-46-19-24/h6-9,16-17,22,24,28,43H,10-15,18-20H2,1-5H3,(H,36,37,38,39). The molecule has 3 aliphatic heterocycles. The molecular weight excluding hydrogens is 605 g/mol. The van der Waals surface area contributed by atoms with Crippen molar-refractivity contribution in [3.8, 4) is 22.9 Å². The maximum absolute atomic E-state index is 15.1. The molecule has 2 unspecified atom stereocenters. The molecule has 0 saturated carbocycles. The second-order valence-corrected chi connectivity index (χ2v) is 13.3. The van der Waals surface area contributed by atoms with Crippen LogP contribution in [0.5, 0.6) is 11.6 Å². The fourth-order valence-electron chi connectivity index (χ4n) is 6.49. The Morgan fingerprint density at radius 2 is 1.89 bits per heavy atom. The molecular formula is C34H44FN7O5. The van der Waals surface area contributed by atoms with Gasteiger partial charge in [-0.1, -0.05) is 13.8 Å². The normalized spacial score (nSPS) is 20.8. The van der Waals surface area contributed by atoms with Crippen LogP contribution in [0, 0.1) is 18.2 Å². The predicted octanol–water partition coefficient (Wildman–Crippen LogP) is 3.65. The Kier molecular flexibility index (Phi) is 9.49. The van der Waals surface area contributed by atoms with Gasteiger partial charge in [0.15, 0.2) is 5.82 Å². The Morgan fingerprint density at radius 1 is 1.13 bits per heavy atom. The highest BCUT2D eigenvalue weighted by atomic mass is 19.1. The van der Waals surface area contributed by atoms with Crippen LogP contribution < -0.4 is 19.7 Å². The molecule has 13 heteroatoms. The molecule has 252 valence electrons. The monoisotopic (exact) mass is 649 g/mol. The first-order valence-electron chi connectivity index (χ1n) is 16.2. The van der Waals surface area contributed by atoms with Gasteiger partial charge in [-0.3, -0.25) is 9.69 Å². The summed E-state index contributed by atoms with van der Waals surface area (Å²) >= 11 is 0. The summed E-state index contributed by atoms with van der Waals surface area (Å²) in [4.78, 5) is 32.1. The van der Waals surface area contributed by atoms with Crippen LogP contribution in [0.1, 0.15) is 32.8 Å². The average Bonchev–Trinajstić information content (AvgIpc) is 3.02. The quantitative estimate of drug-likeness (QED) is 0.353. The first-order chi connectivity index (χ1) is 22.5. The van der Waals surface area contributed by atoms with E-state index in [-0.39, 0.29) is 29.1 Å². The largest absolute Gasteiger partial charge is 0.489 e. The van der Waals surface area contributed by atoms with Gasteiger partial charge in [-0.15, -0.1) is 0 Å². The van der Waals surface area contributed by atoms with Crippen LogP contribution in [0.25, 0.3) is 11.3 Å². The summed E-state index contributed by atoms with van der Waals surface area (Å²) in [6.07, 6.45) is 0.613. The van der Waals surface area contributed by atoms with Gasteiger partial charge >= 0.3 is 0 Å². The summed E-state index contributed by atoms with van der Waals surface area (Å²) in [6, 6.07) is 9.80. The number of likely N-dealkylation sites (tertiary alicyclic amines) is 1. The van der Waals surface area contributed by atoms with Crippen molar-refractivity contribution in [2.24, 2.45) is 5.41 Å². The van der Waals surface area contributed by atoms with Gasteiger partial charge < -0.3 is 34.4 Å².